The van der Waals surface area contributed by atoms with Gasteiger partial charge in [0.05, 0.1) is 40.3 Å². The van der Waals surface area contributed by atoms with Crippen LogP contribution in [-0.4, -0.2) is 82.3 Å². The summed E-state index contributed by atoms with van der Waals surface area (Å²) in [5.41, 5.74) is 0. The molecule has 0 rings (SSSR count). The molecule has 0 aromatic heterocycles. The molecule has 0 aliphatic heterocycles. The van der Waals surface area contributed by atoms with Crippen LogP contribution in [0.5, 0.6) is 0 Å². The van der Waals surface area contributed by atoms with Crippen LogP contribution in [0.15, 0.2) is 134 Å². The Morgan fingerprint density at radius 1 is 0.320 bits per heavy atom. The number of esters is 2. The van der Waals surface area contributed by atoms with E-state index in [1.807, 2.05) is 21.1 Å². The fraction of sp³-hybridized carbons (Fsp3) is 0.716. The molecule has 97 heavy (non-hydrogen) atoms. The molecular formula is C88H151NO8. The molecule has 0 N–H and O–H groups in total. The summed E-state index contributed by atoms with van der Waals surface area (Å²) >= 11 is 0. The third-order valence-electron chi connectivity index (χ3n) is 17.4. The number of hydrogen-bond acceptors (Lipinski definition) is 8. The molecule has 2 atom stereocenters. The SMILES string of the molecule is CC/C=C\C/C=C\C/C=C\C/C=C\C/C=C\C/C=C\C/C=C\C/C=C\C/C=C\CCCCCCCCCC(=O)OC(COC(=O)CCCCCCCCCCCCCCCCCCCCCCCCCCC/C=C\C/C=C\CCCCCCC)COC(OCC[N+](C)(C)C)C(=O)[O-]. The number of ether oxygens (including phenoxy) is 4. The third kappa shape index (κ3) is 78.6. The molecular weight excluding hydrogens is 1200 g/mol. The highest BCUT2D eigenvalue weighted by Gasteiger charge is 2.22. The molecule has 0 saturated heterocycles. The van der Waals surface area contributed by atoms with Gasteiger partial charge in [0.15, 0.2) is 12.4 Å². The quantitative estimate of drug-likeness (QED) is 0.0195. The molecule has 0 saturated carbocycles. The van der Waals surface area contributed by atoms with Gasteiger partial charge in [-0.15, -0.1) is 0 Å². The standard InChI is InChI=1S/C88H151NO8/c1-6-8-10-12-14-16-18-20-22-24-26-28-30-32-34-36-38-40-42-43-45-46-48-50-52-54-56-58-60-62-64-66-68-70-72-74-76-78-85(90)95-82-84(83-96-88(87(92)93)94-81-80-89(3,4)5)97-86(91)79-77-75-73-71-69-67-65-63-61-59-57-55-53-51-49-47-44-41-39-37-35-33-31-29-27-25-23-21-19-17-15-13-11-9-7-2/h9,11,15,17-18,20-21,23-24,26-27,29,33,35,39,41,47,49,53,55,59,61,84,88H,6-8,10,12-14,16,19,22,25,28,30-32,34,36-38,40,42-46,48,50-52,54,56-58,60,62-83H2,1-5H3/b11-9-,17-15-,20-18-,23-21-,26-24-,29-27-,35-33-,41-39-,49-47-,55-53-,61-59-. The van der Waals surface area contributed by atoms with Crippen LogP contribution in [0, 0.1) is 0 Å². The Labute approximate surface area is 599 Å². The van der Waals surface area contributed by atoms with E-state index in [-0.39, 0.29) is 38.6 Å². The fourth-order valence-corrected chi connectivity index (χ4v) is 11.3. The van der Waals surface area contributed by atoms with E-state index in [4.69, 9.17) is 18.9 Å². The molecule has 556 valence electrons. The Kier molecular flexibility index (Phi) is 73.5. The minimum Gasteiger partial charge on any atom is -0.545 e. The van der Waals surface area contributed by atoms with Gasteiger partial charge in [-0.1, -0.05) is 353 Å². The maximum absolute atomic E-state index is 13.0. The van der Waals surface area contributed by atoms with E-state index in [0.717, 1.165) is 109 Å². The Morgan fingerprint density at radius 3 is 0.876 bits per heavy atom. The molecule has 0 heterocycles. The van der Waals surface area contributed by atoms with Crippen molar-refractivity contribution in [2.45, 2.75) is 360 Å². The maximum atomic E-state index is 13.0. The van der Waals surface area contributed by atoms with E-state index in [1.54, 1.807) is 0 Å². The van der Waals surface area contributed by atoms with Crippen LogP contribution in [0.3, 0.4) is 0 Å². The number of unbranched alkanes of at least 4 members (excludes halogenated alkanes) is 37. The van der Waals surface area contributed by atoms with Gasteiger partial charge < -0.3 is 33.3 Å². The van der Waals surface area contributed by atoms with Gasteiger partial charge in [0, 0.05) is 12.8 Å². The highest BCUT2D eigenvalue weighted by Crippen LogP contribution is 2.18. The minimum absolute atomic E-state index is 0.141. The Hall–Kier alpha value is -4.57. The molecule has 0 fully saturated rings. The second-order valence-electron chi connectivity index (χ2n) is 28.0. The first kappa shape index (κ1) is 92.4. The average molecular weight is 1350 g/mol. The molecule has 9 heteroatoms. The van der Waals surface area contributed by atoms with E-state index in [0.29, 0.717) is 17.4 Å². The number of likely N-dealkylation sites (N-methyl/N-ethyl adjacent to an activating group) is 1. The fourth-order valence-electron chi connectivity index (χ4n) is 11.3. The van der Waals surface area contributed by atoms with Crippen LogP contribution in [0.1, 0.15) is 348 Å². The van der Waals surface area contributed by atoms with Crippen LogP contribution < -0.4 is 5.11 Å². The van der Waals surface area contributed by atoms with Gasteiger partial charge in [-0.2, -0.15) is 0 Å². The molecule has 0 aliphatic carbocycles. The number of allylic oxidation sites excluding steroid dienone is 22. The van der Waals surface area contributed by atoms with E-state index >= 15 is 0 Å². The third-order valence-corrected chi connectivity index (χ3v) is 17.4. The van der Waals surface area contributed by atoms with Crippen molar-refractivity contribution in [3.8, 4) is 0 Å². The lowest BCUT2D eigenvalue weighted by molar-refractivity contribution is -0.870. The number of aliphatic carboxylic acids is 1. The van der Waals surface area contributed by atoms with E-state index in [1.165, 1.54) is 205 Å². The second kappa shape index (κ2) is 77.2. The number of nitrogens with zero attached hydrogens (tertiary/aromatic N) is 1. The summed E-state index contributed by atoms with van der Waals surface area (Å²) in [5, 5.41) is 11.9. The molecule has 0 amide bonds. The molecule has 0 aromatic carbocycles. The Bertz CT molecular complexity index is 2060. The minimum atomic E-state index is -1.63. The van der Waals surface area contributed by atoms with Crippen LogP contribution in [0.2, 0.25) is 0 Å². The summed E-state index contributed by atoms with van der Waals surface area (Å²) in [6.45, 7) is 4.64. The number of quaternary nitrogens is 1. The van der Waals surface area contributed by atoms with Crippen LogP contribution in [0.25, 0.3) is 0 Å². The molecule has 2 unspecified atom stereocenters. The summed E-state index contributed by atoms with van der Waals surface area (Å²) in [4.78, 5) is 37.6. The summed E-state index contributed by atoms with van der Waals surface area (Å²) in [7, 11) is 5.93. The molecule has 0 bridgehead atoms. The largest absolute Gasteiger partial charge is 0.545 e. The zero-order valence-electron chi connectivity index (χ0n) is 63.7. The normalized spacial score (nSPS) is 13.4. The van der Waals surface area contributed by atoms with Gasteiger partial charge in [0.2, 0.25) is 0 Å². The van der Waals surface area contributed by atoms with Crippen molar-refractivity contribution in [2.75, 3.05) is 47.5 Å². The van der Waals surface area contributed by atoms with E-state index in [9.17, 15) is 19.5 Å². The van der Waals surface area contributed by atoms with Crippen LogP contribution in [0.4, 0.5) is 0 Å². The Balaban J connectivity index is 4.07. The second-order valence-corrected chi connectivity index (χ2v) is 28.0. The van der Waals surface area contributed by atoms with E-state index < -0.39 is 24.3 Å². The van der Waals surface area contributed by atoms with Crippen molar-refractivity contribution in [2.24, 2.45) is 0 Å². The van der Waals surface area contributed by atoms with Crippen molar-refractivity contribution in [1.29, 1.82) is 0 Å². The highest BCUT2D eigenvalue weighted by atomic mass is 16.7. The first-order chi connectivity index (χ1) is 47.6. The molecule has 0 aromatic rings. The van der Waals surface area contributed by atoms with Crippen molar-refractivity contribution in [3.05, 3.63) is 134 Å². The van der Waals surface area contributed by atoms with Crippen molar-refractivity contribution < 1.29 is 42.9 Å². The number of carbonyl (C=O) groups excluding carboxylic acids is 3. The van der Waals surface area contributed by atoms with Crippen LogP contribution >= 0.6 is 0 Å². The van der Waals surface area contributed by atoms with Gasteiger partial charge in [-0.3, -0.25) is 9.59 Å². The first-order valence-electron chi connectivity index (χ1n) is 40.3. The maximum Gasteiger partial charge on any atom is 0.306 e. The molecule has 9 nitrogen and oxygen atoms in total. The van der Waals surface area contributed by atoms with Gasteiger partial charge >= 0.3 is 11.9 Å². The zero-order valence-corrected chi connectivity index (χ0v) is 63.7. The monoisotopic (exact) mass is 1350 g/mol. The number of carboxylic acids is 1. The number of rotatable bonds is 74. The van der Waals surface area contributed by atoms with Crippen LogP contribution in [-0.2, 0) is 33.3 Å². The summed E-state index contributed by atoms with van der Waals surface area (Å²) in [6, 6.07) is 0. The predicted molar refractivity (Wildman–Crippen MR) is 416 cm³/mol. The lowest BCUT2D eigenvalue weighted by atomic mass is 10.0. The van der Waals surface area contributed by atoms with Crippen molar-refractivity contribution in [1.82, 2.24) is 0 Å². The lowest BCUT2D eigenvalue weighted by Gasteiger charge is -2.26. The first-order valence-corrected chi connectivity index (χ1v) is 40.3. The van der Waals surface area contributed by atoms with Gasteiger partial charge in [0.25, 0.3) is 0 Å². The van der Waals surface area contributed by atoms with Gasteiger partial charge in [-0.25, -0.2) is 0 Å². The average Bonchev–Trinajstić information content (AvgIpc) is 3.74. The summed E-state index contributed by atoms with van der Waals surface area (Å²) in [5.74, 6) is -2.29. The van der Waals surface area contributed by atoms with Gasteiger partial charge in [-0.05, 0) is 116 Å². The molecule has 0 radical (unpaired) electrons. The smallest absolute Gasteiger partial charge is 0.306 e. The van der Waals surface area contributed by atoms with Crippen molar-refractivity contribution >= 4 is 17.9 Å². The Morgan fingerprint density at radius 2 is 0.588 bits per heavy atom. The lowest BCUT2D eigenvalue weighted by Crippen LogP contribution is -2.44. The predicted octanol–water partition coefficient (Wildman–Crippen LogP) is 24.7. The number of hydrogen-bond donors (Lipinski definition) is 0. The number of carboxylic acid groups (broad SMARTS) is 1. The molecule has 0 spiro atoms. The highest BCUT2D eigenvalue weighted by molar-refractivity contribution is 5.70. The summed E-state index contributed by atoms with van der Waals surface area (Å²) in [6.07, 6.45) is 109. The zero-order chi connectivity index (χ0) is 70.4. The van der Waals surface area contributed by atoms with Gasteiger partial charge in [0.1, 0.15) is 13.2 Å². The summed E-state index contributed by atoms with van der Waals surface area (Å²) < 4.78 is 22.8. The molecule has 0 aliphatic rings. The van der Waals surface area contributed by atoms with Crippen molar-refractivity contribution in [3.63, 3.8) is 0 Å². The topological polar surface area (TPSA) is 111 Å². The van der Waals surface area contributed by atoms with E-state index in [2.05, 4.69) is 148 Å². The number of carbonyl (C=O) groups is 3.